The molecule has 0 aliphatic heterocycles. The minimum Gasteiger partial charge on any atom is -0.493 e. The summed E-state index contributed by atoms with van der Waals surface area (Å²) in [6, 6.07) is 27.0. The molecule has 6 heteroatoms. The third-order valence-corrected chi connectivity index (χ3v) is 5.99. The molecule has 4 aromatic rings. The summed E-state index contributed by atoms with van der Waals surface area (Å²) in [6.45, 7) is -1.83. The monoisotopic (exact) mass is 510 g/mol. The molecule has 6 nitrogen and oxygen atoms in total. The number of benzene rings is 3. The van der Waals surface area contributed by atoms with Crippen molar-refractivity contribution in [1.29, 1.82) is 0 Å². The second-order valence-electron chi connectivity index (χ2n) is 8.86. The number of pyridine rings is 1. The first-order valence-electron chi connectivity index (χ1n) is 13.7. The van der Waals surface area contributed by atoms with E-state index in [4.69, 9.17) is 9.84 Å². The van der Waals surface area contributed by atoms with Gasteiger partial charge in [0.05, 0.1) is 9.35 Å². The van der Waals surface area contributed by atoms with Crippen LogP contribution in [0.4, 0.5) is 0 Å². The van der Waals surface area contributed by atoms with E-state index < -0.39 is 18.4 Å². The van der Waals surface area contributed by atoms with Crippen molar-refractivity contribution in [1.82, 2.24) is 9.88 Å². The molecule has 1 amide bonds. The van der Waals surface area contributed by atoms with Gasteiger partial charge in [0.1, 0.15) is 5.75 Å². The van der Waals surface area contributed by atoms with Gasteiger partial charge in [0, 0.05) is 43.0 Å². The van der Waals surface area contributed by atoms with E-state index in [1.807, 2.05) is 54.6 Å². The van der Waals surface area contributed by atoms with Crippen LogP contribution in [0.25, 0.3) is 11.1 Å². The van der Waals surface area contributed by atoms with Gasteiger partial charge in [-0.1, -0.05) is 66.7 Å². The molecule has 0 aliphatic carbocycles. The molecule has 4 rings (SSSR count). The summed E-state index contributed by atoms with van der Waals surface area (Å²) in [7, 11) is 0. The van der Waals surface area contributed by atoms with Crippen LogP contribution in [0.5, 0.6) is 5.75 Å². The summed E-state index contributed by atoms with van der Waals surface area (Å²) < 4.78 is 24.3. The third-order valence-electron chi connectivity index (χ3n) is 5.99. The fraction of sp³-hybridized carbons (Fsp3) is 0.219. The van der Waals surface area contributed by atoms with Gasteiger partial charge >= 0.3 is 5.97 Å². The molecule has 0 unspecified atom stereocenters. The molecular weight excluding hydrogens is 476 g/mol. The zero-order valence-electron chi connectivity index (χ0n) is 23.1. The Labute approximate surface area is 226 Å². The molecule has 0 radical (unpaired) electrons. The van der Waals surface area contributed by atoms with E-state index in [1.54, 1.807) is 48.8 Å². The number of ether oxygens (including phenoxy) is 1. The molecule has 0 saturated heterocycles. The Bertz CT molecular complexity index is 1400. The predicted molar refractivity (Wildman–Crippen MR) is 148 cm³/mol. The van der Waals surface area contributed by atoms with Gasteiger partial charge < -0.3 is 14.7 Å². The van der Waals surface area contributed by atoms with Crippen LogP contribution in [0, 0.1) is 0 Å². The van der Waals surface area contributed by atoms with Crippen LogP contribution in [0.3, 0.4) is 0 Å². The molecule has 0 aliphatic rings. The maximum absolute atomic E-state index is 13.9. The number of carbonyl (C=O) groups excluding carboxylic acids is 1. The number of nitrogens with zero attached hydrogens (tertiary/aromatic N) is 2. The zero-order valence-corrected chi connectivity index (χ0v) is 21.1. The summed E-state index contributed by atoms with van der Waals surface area (Å²) in [5.74, 6) is -0.923. The number of para-hydroxylation sites is 1. The Kier molecular flexibility index (Phi) is 8.65. The lowest BCUT2D eigenvalue weighted by Crippen LogP contribution is -2.30. The van der Waals surface area contributed by atoms with Crippen molar-refractivity contribution in [3.8, 4) is 16.9 Å². The number of carboxylic acid groups (broad SMARTS) is 1. The lowest BCUT2D eigenvalue weighted by atomic mass is 10.0. The van der Waals surface area contributed by atoms with Crippen molar-refractivity contribution >= 4 is 11.9 Å². The van der Waals surface area contributed by atoms with Crippen LogP contribution in [0.1, 0.15) is 49.9 Å². The molecule has 0 spiro atoms. The molecule has 0 atom stereocenters. The molecule has 194 valence electrons. The molecular formula is C32H32N2O4. The highest BCUT2D eigenvalue weighted by atomic mass is 16.5. The Morgan fingerprint density at radius 1 is 0.842 bits per heavy atom. The highest BCUT2D eigenvalue weighted by Crippen LogP contribution is 2.24. The molecule has 0 saturated carbocycles. The second-order valence-corrected chi connectivity index (χ2v) is 8.86. The summed E-state index contributed by atoms with van der Waals surface area (Å²) in [5, 5.41) is 8.82. The Hall–Kier alpha value is -4.45. The van der Waals surface area contributed by atoms with E-state index in [0.717, 1.165) is 16.7 Å². The van der Waals surface area contributed by atoms with Gasteiger partial charge in [-0.05, 0) is 60.2 Å². The molecule has 38 heavy (non-hydrogen) atoms. The van der Waals surface area contributed by atoms with E-state index in [0.29, 0.717) is 37.2 Å². The third kappa shape index (κ3) is 7.77. The lowest BCUT2D eigenvalue weighted by molar-refractivity contribution is -0.137. The normalized spacial score (nSPS) is 11.8. The largest absolute Gasteiger partial charge is 0.493 e. The summed E-state index contributed by atoms with van der Waals surface area (Å²) in [6.07, 6.45) is 5.45. The maximum Gasteiger partial charge on any atom is 0.303 e. The average molecular weight is 511 g/mol. The molecule has 3 aromatic carbocycles. The molecule has 0 bridgehead atoms. The maximum atomic E-state index is 13.9. The topological polar surface area (TPSA) is 79.7 Å². The van der Waals surface area contributed by atoms with E-state index in [1.165, 1.54) is 4.90 Å². The lowest BCUT2D eigenvalue weighted by Gasteiger charge is -2.24. The number of hydrogen-bond acceptors (Lipinski definition) is 4. The first kappa shape index (κ1) is 23.9. The van der Waals surface area contributed by atoms with Gasteiger partial charge in [0.25, 0.3) is 5.91 Å². The minimum absolute atomic E-state index is 0.0561. The van der Waals surface area contributed by atoms with Crippen LogP contribution in [-0.4, -0.2) is 33.5 Å². The van der Waals surface area contributed by atoms with Gasteiger partial charge in [0.2, 0.25) is 0 Å². The zero-order chi connectivity index (χ0) is 28.4. The van der Waals surface area contributed by atoms with Crippen molar-refractivity contribution < 1.29 is 22.2 Å². The number of hydrogen-bond donors (Lipinski definition) is 1. The van der Waals surface area contributed by atoms with Gasteiger partial charge in [-0.15, -0.1) is 0 Å². The number of aromatic nitrogens is 1. The van der Waals surface area contributed by atoms with Gasteiger partial charge in [-0.3, -0.25) is 14.6 Å². The molecule has 1 aromatic heterocycles. The highest BCUT2D eigenvalue weighted by molar-refractivity contribution is 5.94. The fourth-order valence-electron chi connectivity index (χ4n) is 3.99. The Morgan fingerprint density at radius 2 is 1.61 bits per heavy atom. The SMILES string of the molecule is [2H]C([2H])(c1ccccc1OCCCCCC(=O)O)N(Cc1ccccc1)C(=O)c1ccc(-c2cccnc2)cc1. The molecule has 1 N–H and O–H groups in total. The summed E-state index contributed by atoms with van der Waals surface area (Å²) >= 11 is 0. The second kappa shape index (κ2) is 13.7. The van der Waals surface area contributed by atoms with Gasteiger partial charge in [0.15, 0.2) is 0 Å². The summed E-state index contributed by atoms with van der Waals surface area (Å²) in [4.78, 5) is 30.0. The van der Waals surface area contributed by atoms with Crippen LogP contribution in [0.15, 0.2) is 103 Å². The Balaban J connectivity index is 1.59. The molecule has 1 heterocycles. The first-order chi connectivity index (χ1) is 19.4. The van der Waals surface area contributed by atoms with Crippen molar-refractivity contribution in [2.24, 2.45) is 0 Å². The molecule has 0 fully saturated rings. The van der Waals surface area contributed by atoms with Crippen molar-refractivity contribution in [2.45, 2.75) is 38.7 Å². The van der Waals surface area contributed by atoms with Crippen LogP contribution >= 0.6 is 0 Å². The highest BCUT2D eigenvalue weighted by Gasteiger charge is 2.19. The Morgan fingerprint density at radius 3 is 2.34 bits per heavy atom. The van der Waals surface area contributed by atoms with Crippen LogP contribution in [0.2, 0.25) is 0 Å². The quantitative estimate of drug-likeness (QED) is 0.205. The first-order valence-corrected chi connectivity index (χ1v) is 12.7. The number of unbranched alkanes of at least 4 members (excludes halogenated alkanes) is 2. The number of carboxylic acids is 1. The van der Waals surface area contributed by atoms with E-state index in [-0.39, 0.29) is 18.5 Å². The summed E-state index contributed by atoms with van der Waals surface area (Å²) in [5.41, 5.74) is 3.24. The fourth-order valence-corrected chi connectivity index (χ4v) is 3.99. The van der Waals surface area contributed by atoms with Gasteiger partial charge in [-0.2, -0.15) is 0 Å². The van der Waals surface area contributed by atoms with Crippen molar-refractivity contribution in [3.63, 3.8) is 0 Å². The van der Waals surface area contributed by atoms with Gasteiger partial charge in [-0.25, -0.2) is 0 Å². The van der Waals surface area contributed by atoms with E-state index in [9.17, 15) is 12.3 Å². The van der Waals surface area contributed by atoms with Crippen molar-refractivity contribution in [3.05, 3.63) is 120 Å². The number of aliphatic carboxylic acids is 1. The standard InChI is InChI=1S/C32H32N2O4/c35-31(36)15-5-2-8-21-38-30-14-7-6-12-29(30)24-34(23-25-10-3-1-4-11-25)32(37)27-18-16-26(17-19-27)28-13-9-20-33-22-28/h1,3-4,6-7,9-14,16-20,22H,2,5,8,15,21,23-24H2,(H,35,36)/i24D2. The van der Waals surface area contributed by atoms with E-state index >= 15 is 0 Å². The van der Waals surface area contributed by atoms with Crippen LogP contribution < -0.4 is 4.74 Å². The average Bonchev–Trinajstić information content (AvgIpc) is 2.98. The number of rotatable bonds is 13. The number of amides is 1. The predicted octanol–water partition coefficient (Wildman–Crippen LogP) is 6.62. The van der Waals surface area contributed by atoms with Crippen molar-refractivity contribution in [2.75, 3.05) is 6.61 Å². The minimum atomic E-state index is -2.20. The van der Waals surface area contributed by atoms with E-state index in [2.05, 4.69) is 4.98 Å². The number of carbonyl (C=O) groups is 2. The smallest absolute Gasteiger partial charge is 0.303 e. The van der Waals surface area contributed by atoms with Crippen LogP contribution in [-0.2, 0) is 17.8 Å².